The molecule has 1 rings (SSSR count). The molecule has 0 aromatic carbocycles. The summed E-state index contributed by atoms with van der Waals surface area (Å²) in [6.45, 7) is 4.17. The molecule has 0 saturated heterocycles. The Morgan fingerprint density at radius 3 is 2.60 bits per heavy atom. The topological polar surface area (TPSA) is 71.1 Å². The van der Waals surface area contributed by atoms with Gasteiger partial charge < -0.3 is 5.32 Å². The average Bonchev–Trinajstić information content (AvgIpc) is 2.44. The Bertz CT molecular complexity index is 503. The first-order valence-electron chi connectivity index (χ1n) is 7.19. The van der Waals surface area contributed by atoms with E-state index >= 15 is 0 Å². The standard InChI is InChI=1S/C14H25N3O2S/c1-4-6-8-12(7-5-2)17-20(18,19)14-11-16-10-9-13(14)15-3/h9-12,17H,4-8H2,1-3H3,(H,15,16). The summed E-state index contributed by atoms with van der Waals surface area (Å²) in [6, 6.07) is 1.66. The van der Waals surface area contributed by atoms with E-state index in [-0.39, 0.29) is 10.9 Å². The second-order valence-corrected chi connectivity index (χ2v) is 6.55. The number of unbranched alkanes of at least 4 members (excludes halogenated alkanes) is 1. The molecule has 20 heavy (non-hydrogen) atoms. The fourth-order valence-corrected chi connectivity index (χ4v) is 3.61. The molecule has 114 valence electrons. The molecule has 5 nitrogen and oxygen atoms in total. The van der Waals surface area contributed by atoms with Crippen molar-refractivity contribution in [2.75, 3.05) is 12.4 Å². The molecular formula is C14H25N3O2S. The maximum absolute atomic E-state index is 12.5. The summed E-state index contributed by atoms with van der Waals surface area (Å²) in [5.74, 6) is 0. The van der Waals surface area contributed by atoms with E-state index in [2.05, 4.69) is 28.9 Å². The highest BCUT2D eigenvalue weighted by molar-refractivity contribution is 7.89. The summed E-state index contributed by atoms with van der Waals surface area (Å²) in [4.78, 5) is 4.12. The lowest BCUT2D eigenvalue weighted by molar-refractivity contribution is 0.483. The van der Waals surface area contributed by atoms with Crippen molar-refractivity contribution in [3.63, 3.8) is 0 Å². The van der Waals surface area contributed by atoms with Gasteiger partial charge in [0, 0.05) is 25.5 Å². The van der Waals surface area contributed by atoms with Gasteiger partial charge in [-0.05, 0) is 18.9 Å². The largest absolute Gasteiger partial charge is 0.387 e. The van der Waals surface area contributed by atoms with Crippen molar-refractivity contribution in [3.05, 3.63) is 18.5 Å². The van der Waals surface area contributed by atoms with Crippen LogP contribution in [0.5, 0.6) is 0 Å². The molecule has 1 aromatic heterocycles. The molecule has 0 spiro atoms. The molecule has 1 heterocycles. The van der Waals surface area contributed by atoms with Gasteiger partial charge in [0.05, 0.1) is 5.69 Å². The van der Waals surface area contributed by atoms with Crippen LogP contribution in [0, 0.1) is 0 Å². The number of nitrogens with one attached hydrogen (secondary N) is 2. The van der Waals surface area contributed by atoms with Crippen molar-refractivity contribution in [3.8, 4) is 0 Å². The number of sulfonamides is 1. The number of aromatic nitrogens is 1. The van der Waals surface area contributed by atoms with E-state index in [0.717, 1.165) is 32.1 Å². The van der Waals surface area contributed by atoms with Crippen molar-refractivity contribution in [1.82, 2.24) is 9.71 Å². The Morgan fingerprint density at radius 2 is 2.00 bits per heavy atom. The third-order valence-corrected chi connectivity index (χ3v) is 4.76. The third kappa shape index (κ3) is 4.76. The molecule has 1 atom stereocenters. The predicted molar refractivity (Wildman–Crippen MR) is 82.3 cm³/mol. The van der Waals surface area contributed by atoms with Gasteiger partial charge in [-0.3, -0.25) is 4.98 Å². The zero-order valence-electron chi connectivity index (χ0n) is 12.5. The fraction of sp³-hybridized carbons (Fsp3) is 0.643. The van der Waals surface area contributed by atoms with Crippen LogP contribution in [-0.4, -0.2) is 26.5 Å². The molecular weight excluding hydrogens is 274 g/mol. The number of hydrogen-bond acceptors (Lipinski definition) is 4. The molecule has 0 aliphatic rings. The summed E-state index contributed by atoms with van der Waals surface area (Å²) in [5, 5.41) is 2.89. The molecule has 0 aliphatic heterocycles. The fourth-order valence-electron chi connectivity index (χ4n) is 2.14. The summed E-state index contributed by atoms with van der Waals surface area (Å²) in [5.41, 5.74) is 0.568. The first kappa shape index (κ1) is 16.9. The Hall–Kier alpha value is -1.14. The predicted octanol–water partition coefficient (Wildman–Crippen LogP) is 2.76. The van der Waals surface area contributed by atoms with E-state index in [1.165, 1.54) is 6.20 Å². The smallest absolute Gasteiger partial charge is 0.244 e. The Kier molecular flexibility index (Phi) is 6.95. The Labute approximate surface area is 122 Å². The van der Waals surface area contributed by atoms with E-state index in [1.807, 2.05) is 0 Å². The molecule has 2 N–H and O–H groups in total. The van der Waals surface area contributed by atoms with Crippen molar-refractivity contribution in [2.24, 2.45) is 0 Å². The van der Waals surface area contributed by atoms with Crippen LogP contribution in [0.1, 0.15) is 46.0 Å². The Morgan fingerprint density at radius 1 is 1.25 bits per heavy atom. The van der Waals surface area contributed by atoms with Crippen molar-refractivity contribution < 1.29 is 8.42 Å². The minimum Gasteiger partial charge on any atom is -0.387 e. The van der Waals surface area contributed by atoms with Gasteiger partial charge in [0.25, 0.3) is 0 Å². The van der Waals surface area contributed by atoms with E-state index in [1.54, 1.807) is 19.3 Å². The van der Waals surface area contributed by atoms with Gasteiger partial charge in [-0.1, -0.05) is 33.1 Å². The summed E-state index contributed by atoms with van der Waals surface area (Å²) >= 11 is 0. The average molecular weight is 299 g/mol. The monoisotopic (exact) mass is 299 g/mol. The second-order valence-electron chi connectivity index (χ2n) is 4.87. The number of rotatable bonds is 9. The highest BCUT2D eigenvalue weighted by atomic mass is 32.2. The van der Waals surface area contributed by atoms with Crippen LogP contribution in [-0.2, 0) is 10.0 Å². The van der Waals surface area contributed by atoms with Crippen molar-refractivity contribution in [1.29, 1.82) is 0 Å². The lowest BCUT2D eigenvalue weighted by Crippen LogP contribution is -2.35. The zero-order valence-corrected chi connectivity index (χ0v) is 13.3. The molecule has 0 amide bonds. The molecule has 0 saturated carbocycles. The maximum Gasteiger partial charge on any atom is 0.244 e. The number of pyridine rings is 1. The van der Waals surface area contributed by atoms with Gasteiger partial charge in [-0.15, -0.1) is 0 Å². The number of anilines is 1. The van der Waals surface area contributed by atoms with Gasteiger partial charge in [0.2, 0.25) is 10.0 Å². The van der Waals surface area contributed by atoms with E-state index in [4.69, 9.17) is 0 Å². The second kappa shape index (κ2) is 8.21. The molecule has 0 aliphatic carbocycles. The van der Waals surface area contributed by atoms with E-state index in [9.17, 15) is 8.42 Å². The lowest BCUT2D eigenvalue weighted by atomic mass is 10.1. The molecule has 0 bridgehead atoms. The molecule has 0 radical (unpaired) electrons. The van der Waals surface area contributed by atoms with Gasteiger partial charge in [-0.2, -0.15) is 0 Å². The molecule has 1 aromatic rings. The van der Waals surface area contributed by atoms with Crippen LogP contribution in [0.25, 0.3) is 0 Å². The maximum atomic E-state index is 12.5. The Balaban J connectivity index is 2.91. The van der Waals surface area contributed by atoms with Gasteiger partial charge in [0.15, 0.2) is 0 Å². The highest BCUT2D eigenvalue weighted by Gasteiger charge is 2.22. The SMILES string of the molecule is CCCCC(CCC)NS(=O)(=O)c1cnccc1NC. The third-order valence-electron chi connectivity index (χ3n) is 3.21. The minimum atomic E-state index is -3.53. The highest BCUT2D eigenvalue weighted by Crippen LogP contribution is 2.20. The summed E-state index contributed by atoms with van der Waals surface area (Å²) in [6.07, 6.45) is 7.74. The first-order valence-corrected chi connectivity index (χ1v) is 8.67. The van der Waals surface area contributed by atoms with Crippen LogP contribution < -0.4 is 10.0 Å². The normalized spacial score (nSPS) is 13.2. The zero-order chi connectivity index (χ0) is 15.0. The van der Waals surface area contributed by atoms with Crippen LogP contribution in [0.3, 0.4) is 0 Å². The number of hydrogen-bond donors (Lipinski definition) is 2. The molecule has 6 heteroatoms. The quantitative estimate of drug-likeness (QED) is 0.735. The van der Waals surface area contributed by atoms with E-state index in [0.29, 0.717) is 5.69 Å². The molecule has 1 unspecified atom stereocenters. The first-order chi connectivity index (χ1) is 9.55. The van der Waals surface area contributed by atoms with Crippen LogP contribution >= 0.6 is 0 Å². The van der Waals surface area contributed by atoms with E-state index < -0.39 is 10.0 Å². The van der Waals surface area contributed by atoms with Crippen LogP contribution in [0.4, 0.5) is 5.69 Å². The summed E-state index contributed by atoms with van der Waals surface area (Å²) in [7, 11) is -1.83. The van der Waals surface area contributed by atoms with Gasteiger partial charge in [-0.25, -0.2) is 13.1 Å². The lowest BCUT2D eigenvalue weighted by Gasteiger charge is -2.19. The van der Waals surface area contributed by atoms with Crippen molar-refractivity contribution >= 4 is 15.7 Å². The van der Waals surface area contributed by atoms with Crippen LogP contribution in [0.15, 0.2) is 23.4 Å². The number of nitrogens with zero attached hydrogens (tertiary/aromatic N) is 1. The van der Waals surface area contributed by atoms with Crippen molar-refractivity contribution in [2.45, 2.75) is 56.9 Å². The summed E-state index contributed by atoms with van der Waals surface area (Å²) < 4.78 is 27.8. The molecule has 0 fully saturated rings. The van der Waals surface area contributed by atoms with Gasteiger partial charge >= 0.3 is 0 Å². The van der Waals surface area contributed by atoms with Gasteiger partial charge in [0.1, 0.15) is 4.90 Å². The van der Waals surface area contributed by atoms with Crippen LogP contribution in [0.2, 0.25) is 0 Å². The minimum absolute atomic E-state index is 0.00476.